The first-order chi connectivity index (χ1) is 36.2. The van der Waals surface area contributed by atoms with Crippen molar-refractivity contribution >= 4 is 5.91 Å². The van der Waals surface area contributed by atoms with Gasteiger partial charge in [-0.15, -0.1) is 0 Å². The Morgan fingerprint density at radius 1 is 0.342 bits per heavy atom. The van der Waals surface area contributed by atoms with Gasteiger partial charge in [0.25, 0.3) is 0 Å². The molecule has 424 valence electrons. The van der Waals surface area contributed by atoms with Crippen LogP contribution in [-0.2, 0) is 4.79 Å². The van der Waals surface area contributed by atoms with Gasteiger partial charge in [-0.05, 0) is 77.0 Å². The number of aliphatic hydroxyl groups excluding tert-OH is 2. The van der Waals surface area contributed by atoms with Crippen molar-refractivity contribution in [3.05, 3.63) is 85.1 Å². The summed E-state index contributed by atoms with van der Waals surface area (Å²) in [5, 5.41) is 23.2. The molecule has 0 aliphatic rings. The van der Waals surface area contributed by atoms with Crippen LogP contribution >= 0.6 is 0 Å². The van der Waals surface area contributed by atoms with Gasteiger partial charge in [0.05, 0.1) is 18.8 Å². The van der Waals surface area contributed by atoms with E-state index in [-0.39, 0.29) is 12.5 Å². The van der Waals surface area contributed by atoms with E-state index in [0.717, 1.165) is 64.2 Å². The summed E-state index contributed by atoms with van der Waals surface area (Å²) in [4.78, 5) is 12.5. The van der Waals surface area contributed by atoms with Crippen LogP contribution in [0.5, 0.6) is 0 Å². The van der Waals surface area contributed by atoms with Crippen molar-refractivity contribution in [2.45, 2.75) is 341 Å². The van der Waals surface area contributed by atoms with E-state index in [1.807, 2.05) is 6.08 Å². The van der Waals surface area contributed by atoms with Gasteiger partial charge in [0.15, 0.2) is 0 Å². The molecule has 0 saturated carbocycles. The van der Waals surface area contributed by atoms with Gasteiger partial charge in [-0.2, -0.15) is 0 Å². The smallest absolute Gasteiger partial charge is 0.220 e. The molecular weight excluding hydrogens is 891 g/mol. The van der Waals surface area contributed by atoms with Crippen molar-refractivity contribution < 1.29 is 15.0 Å². The summed E-state index contributed by atoms with van der Waals surface area (Å²) in [6.07, 6.45) is 93.6. The first kappa shape index (κ1) is 70.6. The maximum Gasteiger partial charge on any atom is 0.220 e. The first-order valence-corrected chi connectivity index (χ1v) is 32.3. The highest BCUT2D eigenvalue weighted by molar-refractivity contribution is 5.76. The third-order valence-corrected chi connectivity index (χ3v) is 14.6. The van der Waals surface area contributed by atoms with E-state index in [2.05, 4.69) is 92.1 Å². The Labute approximate surface area is 456 Å². The number of unbranched alkanes of at least 4 members (excludes halogenated alkanes) is 40. The van der Waals surface area contributed by atoms with Crippen molar-refractivity contribution in [2.24, 2.45) is 0 Å². The number of hydrogen-bond donors (Lipinski definition) is 3. The molecule has 0 fully saturated rings. The van der Waals surface area contributed by atoms with E-state index < -0.39 is 12.1 Å². The highest BCUT2D eigenvalue weighted by atomic mass is 16.3. The zero-order valence-corrected chi connectivity index (χ0v) is 48.9. The minimum absolute atomic E-state index is 0.0705. The Bertz CT molecular complexity index is 1290. The number of carbonyl (C=O) groups is 1. The second-order valence-electron chi connectivity index (χ2n) is 21.8. The highest BCUT2D eigenvalue weighted by Crippen LogP contribution is 2.18. The van der Waals surface area contributed by atoms with Crippen molar-refractivity contribution in [2.75, 3.05) is 6.61 Å². The van der Waals surface area contributed by atoms with Gasteiger partial charge in [0.2, 0.25) is 5.91 Å². The Morgan fingerprint density at radius 3 is 0.959 bits per heavy atom. The average Bonchev–Trinajstić information content (AvgIpc) is 3.40. The normalized spacial score (nSPS) is 13.3. The molecule has 0 spiro atoms. The first-order valence-electron chi connectivity index (χ1n) is 32.3. The number of allylic oxidation sites excluding steroid dienone is 13. The SMILES string of the molecule is CC/C=C\C/C=C\C/C=C\C/C=C\C/C=C\CCCCCCCCCCCCCCCCCCCCCC(=O)NC(CO)C(O)/C=C/CC/C=C/CCCCCCCCCCCCCCCCCCCCCC. The molecule has 0 rings (SSSR count). The predicted octanol–water partition coefficient (Wildman–Crippen LogP) is 21.9. The summed E-state index contributed by atoms with van der Waals surface area (Å²) >= 11 is 0. The molecule has 0 heterocycles. The lowest BCUT2D eigenvalue weighted by Crippen LogP contribution is -2.45. The molecule has 0 aromatic heterocycles. The summed E-state index contributed by atoms with van der Waals surface area (Å²) in [6, 6.07) is -0.643. The van der Waals surface area contributed by atoms with Crippen LogP contribution in [0.3, 0.4) is 0 Å². The second kappa shape index (κ2) is 63.9. The fourth-order valence-corrected chi connectivity index (χ4v) is 9.75. The quantitative estimate of drug-likeness (QED) is 0.0420. The molecule has 0 bridgehead atoms. The van der Waals surface area contributed by atoms with Crippen LogP contribution in [-0.4, -0.2) is 34.9 Å². The van der Waals surface area contributed by atoms with Crippen molar-refractivity contribution in [3.8, 4) is 0 Å². The lowest BCUT2D eigenvalue weighted by Gasteiger charge is -2.19. The number of rotatable bonds is 59. The highest BCUT2D eigenvalue weighted by Gasteiger charge is 2.18. The Balaban J connectivity index is 3.49. The Hall–Kier alpha value is -2.43. The third kappa shape index (κ3) is 60.3. The molecule has 0 aliphatic carbocycles. The van der Waals surface area contributed by atoms with Crippen LogP contribution in [0.4, 0.5) is 0 Å². The maximum absolute atomic E-state index is 12.5. The molecule has 0 aliphatic heterocycles. The lowest BCUT2D eigenvalue weighted by molar-refractivity contribution is -0.123. The number of amides is 1. The monoisotopic (exact) mass is 1020 g/mol. The zero-order chi connectivity index (χ0) is 52.7. The summed E-state index contributed by atoms with van der Waals surface area (Å²) in [5.74, 6) is -0.0705. The number of hydrogen-bond acceptors (Lipinski definition) is 3. The summed E-state index contributed by atoms with van der Waals surface area (Å²) in [5.41, 5.74) is 0. The van der Waals surface area contributed by atoms with Crippen LogP contribution in [0.25, 0.3) is 0 Å². The van der Waals surface area contributed by atoms with Crippen LogP contribution in [0.15, 0.2) is 85.1 Å². The molecule has 0 radical (unpaired) electrons. The molecule has 0 aromatic rings. The van der Waals surface area contributed by atoms with E-state index >= 15 is 0 Å². The largest absolute Gasteiger partial charge is 0.394 e. The van der Waals surface area contributed by atoms with Crippen LogP contribution in [0.2, 0.25) is 0 Å². The summed E-state index contributed by atoms with van der Waals surface area (Å²) in [7, 11) is 0. The fourth-order valence-electron chi connectivity index (χ4n) is 9.75. The Kier molecular flexibility index (Phi) is 61.7. The zero-order valence-electron chi connectivity index (χ0n) is 48.9. The second-order valence-corrected chi connectivity index (χ2v) is 21.8. The standard InChI is InChI=1S/C69H125NO3/c1-3-5-7-9-11-13-15-17-19-21-23-25-27-29-31-32-33-34-35-36-37-38-39-41-43-45-47-49-51-53-55-57-59-61-63-65-69(73)70-67(66-71)68(72)64-62-60-58-56-54-52-50-48-46-44-42-40-30-28-26-24-22-20-18-16-14-12-10-8-6-4-2/h5,7,11,13,17,19,23,25,29,31,54,56,62,64,67-68,71-72H,3-4,6,8-10,12,14-16,18,20-22,24,26-28,30,32-53,55,57-61,63,65-66H2,1-2H3,(H,70,73)/b7-5-,13-11-,19-17-,25-23-,31-29-,56-54+,64-62+. The van der Waals surface area contributed by atoms with E-state index in [1.165, 1.54) is 244 Å². The van der Waals surface area contributed by atoms with Crippen LogP contribution in [0, 0.1) is 0 Å². The lowest BCUT2D eigenvalue weighted by atomic mass is 10.0. The molecule has 0 aromatic carbocycles. The van der Waals surface area contributed by atoms with E-state index in [4.69, 9.17) is 0 Å². The molecule has 2 unspecified atom stereocenters. The van der Waals surface area contributed by atoms with Gasteiger partial charge < -0.3 is 15.5 Å². The van der Waals surface area contributed by atoms with Gasteiger partial charge in [0, 0.05) is 6.42 Å². The van der Waals surface area contributed by atoms with Crippen LogP contribution in [0.1, 0.15) is 328 Å². The molecule has 0 saturated heterocycles. The Morgan fingerprint density at radius 2 is 0.616 bits per heavy atom. The van der Waals surface area contributed by atoms with Gasteiger partial charge in [0.1, 0.15) is 0 Å². The molecule has 3 N–H and O–H groups in total. The van der Waals surface area contributed by atoms with Crippen LogP contribution < -0.4 is 5.32 Å². The molecule has 1 amide bonds. The molecular formula is C69H125NO3. The number of nitrogens with one attached hydrogen (secondary N) is 1. The van der Waals surface area contributed by atoms with Crippen molar-refractivity contribution in [1.29, 1.82) is 0 Å². The van der Waals surface area contributed by atoms with Gasteiger partial charge >= 0.3 is 0 Å². The van der Waals surface area contributed by atoms with Crippen molar-refractivity contribution in [3.63, 3.8) is 0 Å². The molecule has 4 nitrogen and oxygen atoms in total. The summed E-state index contributed by atoms with van der Waals surface area (Å²) in [6.45, 7) is 4.21. The van der Waals surface area contributed by atoms with Gasteiger partial charge in [-0.25, -0.2) is 0 Å². The van der Waals surface area contributed by atoms with Gasteiger partial charge in [-0.3, -0.25) is 4.79 Å². The minimum atomic E-state index is -0.866. The van der Waals surface area contributed by atoms with E-state index in [0.29, 0.717) is 6.42 Å². The third-order valence-electron chi connectivity index (χ3n) is 14.6. The number of aliphatic hydroxyl groups is 2. The fraction of sp³-hybridized carbons (Fsp3) is 0.783. The van der Waals surface area contributed by atoms with Gasteiger partial charge in [-0.1, -0.05) is 330 Å². The molecule has 2 atom stereocenters. The topological polar surface area (TPSA) is 69.6 Å². The number of carbonyl (C=O) groups excluding carboxylic acids is 1. The average molecular weight is 1020 g/mol. The molecule has 4 heteroatoms. The van der Waals surface area contributed by atoms with E-state index in [9.17, 15) is 15.0 Å². The van der Waals surface area contributed by atoms with E-state index in [1.54, 1.807) is 6.08 Å². The predicted molar refractivity (Wildman–Crippen MR) is 327 cm³/mol. The maximum atomic E-state index is 12.5. The summed E-state index contributed by atoms with van der Waals surface area (Å²) < 4.78 is 0. The minimum Gasteiger partial charge on any atom is -0.394 e. The molecule has 73 heavy (non-hydrogen) atoms. The van der Waals surface area contributed by atoms with Crippen molar-refractivity contribution in [1.82, 2.24) is 5.32 Å².